The van der Waals surface area contributed by atoms with E-state index in [4.69, 9.17) is 0 Å². The molecule has 0 aliphatic carbocycles. The van der Waals surface area contributed by atoms with Crippen molar-refractivity contribution in [2.24, 2.45) is 0 Å². The fourth-order valence-corrected chi connectivity index (χ4v) is 2.90. The van der Waals surface area contributed by atoms with Gasteiger partial charge in [-0.25, -0.2) is 0 Å². The van der Waals surface area contributed by atoms with E-state index < -0.39 is 0 Å². The summed E-state index contributed by atoms with van der Waals surface area (Å²) in [5.74, 6) is -0.00956. The number of nitrogens with one attached hydrogen (secondary N) is 2. The fourth-order valence-electron chi connectivity index (χ4n) is 2.90. The van der Waals surface area contributed by atoms with Gasteiger partial charge in [0.15, 0.2) is 0 Å². The molecule has 1 aromatic carbocycles. The lowest BCUT2D eigenvalue weighted by Crippen LogP contribution is -2.54. The predicted molar refractivity (Wildman–Crippen MR) is 84.5 cm³/mol. The van der Waals surface area contributed by atoms with Gasteiger partial charge in [-0.2, -0.15) is 0 Å². The largest absolute Gasteiger partial charge is 0.361 e. The summed E-state index contributed by atoms with van der Waals surface area (Å²) < 4.78 is 0. The van der Waals surface area contributed by atoms with Gasteiger partial charge < -0.3 is 15.2 Å². The zero-order valence-electron chi connectivity index (χ0n) is 12.6. The van der Waals surface area contributed by atoms with Crippen molar-refractivity contribution in [2.45, 2.75) is 6.04 Å². The maximum Gasteiger partial charge on any atom is 0.253 e. The van der Waals surface area contributed by atoms with Gasteiger partial charge in [0, 0.05) is 43.8 Å². The second-order valence-corrected chi connectivity index (χ2v) is 5.85. The van der Waals surface area contributed by atoms with E-state index in [0.717, 1.165) is 30.5 Å². The Morgan fingerprint density at radius 2 is 2.19 bits per heavy atom. The molecule has 1 aromatic heterocycles. The third kappa shape index (κ3) is 2.94. The molecule has 5 heteroatoms. The highest BCUT2D eigenvalue weighted by Gasteiger charge is 2.22. The molecule has 2 heterocycles. The smallest absolute Gasteiger partial charge is 0.253 e. The number of likely N-dealkylation sites (N-methyl/N-ethyl adjacent to an activating group) is 2. The summed E-state index contributed by atoms with van der Waals surface area (Å²) >= 11 is 0. The van der Waals surface area contributed by atoms with Crippen molar-refractivity contribution < 1.29 is 4.79 Å². The van der Waals surface area contributed by atoms with Crippen LogP contribution in [0.1, 0.15) is 10.4 Å². The first-order chi connectivity index (χ1) is 10.1. The Balaban J connectivity index is 1.68. The normalized spacial score (nSPS) is 20.8. The summed E-state index contributed by atoms with van der Waals surface area (Å²) in [4.78, 5) is 20.2. The number of piperazine rings is 1. The lowest BCUT2D eigenvalue weighted by atomic mass is 10.1. The van der Waals surface area contributed by atoms with E-state index in [-0.39, 0.29) is 5.91 Å². The number of hydrogen-bond acceptors (Lipinski definition) is 3. The Hall–Kier alpha value is -1.85. The lowest BCUT2D eigenvalue weighted by Gasteiger charge is -2.37. The molecule has 0 radical (unpaired) electrons. The number of benzene rings is 1. The first-order valence-electron chi connectivity index (χ1n) is 7.38. The Kier molecular flexibility index (Phi) is 3.94. The molecule has 2 N–H and O–H groups in total. The molecule has 5 nitrogen and oxygen atoms in total. The van der Waals surface area contributed by atoms with Gasteiger partial charge in [-0.3, -0.25) is 9.69 Å². The summed E-state index contributed by atoms with van der Waals surface area (Å²) in [6.07, 6.45) is 1.87. The van der Waals surface area contributed by atoms with E-state index in [2.05, 4.69) is 34.2 Å². The van der Waals surface area contributed by atoms with Gasteiger partial charge in [0.2, 0.25) is 0 Å². The summed E-state index contributed by atoms with van der Waals surface area (Å²) in [6.45, 7) is 3.80. The molecule has 0 spiro atoms. The topological polar surface area (TPSA) is 51.4 Å². The molecule has 1 unspecified atom stereocenters. The molecule has 0 bridgehead atoms. The number of H-pyrrole nitrogens is 1. The summed E-state index contributed by atoms with van der Waals surface area (Å²) in [7, 11) is 4.25. The van der Waals surface area contributed by atoms with Gasteiger partial charge in [0.25, 0.3) is 5.91 Å². The average Bonchev–Trinajstić information content (AvgIpc) is 2.96. The molecule has 1 aliphatic heterocycles. The van der Waals surface area contributed by atoms with Crippen molar-refractivity contribution >= 4 is 16.8 Å². The molecule has 1 aliphatic rings. The van der Waals surface area contributed by atoms with E-state index in [9.17, 15) is 4.79 Å². The molecule has 112 valence electrons. The molecule has 0 saturated carbocycles. The Bertz CT molecular complexity index is 636. The van der Waals surface area contributed by atoms with Crippen LogP contribution >= 0.6 is 0 Å². The molecular weight excluding hydrogens is 264 g/mol. The zero-order valence-corrected chi connectivity index (χ0v) is 12.6. The number of rotatable bonds is 3. The standard InChI is InChI=1S/C16H22N4O/c1-19-8-9-20(2)13(11-19)10-18-16(21)14-5-3-4-12-6-7-17-15(12)14/h3-7,13,17H,8-11H2,1-2H3,(H,18,21). The van der Waals surface area contributed by atoms with Gasteiger partial charge in [0.05, 0.1) is 11.1 Å². The van der Waals surface area contributed by atoms with Crippen LogP contribution in [0, 0.1) is 0 Å². The monoisotopic (exact) mass is 286 g/mol. The van der Waals surface area contributed by atoms with Gasteiger partial charge >= 0.3 is 0 Å². The van der Waals surface area contributed by atoms with Crippen molar-refractivity contribution in [3.63, 3.8) is 0 Å². The van der Waals surface area contributed by atoms with Crippen LogP contribution < -0.4 is 5.32 Å². The van der Waals surface area contributed by atoms with Crippen LogP contribution in [0.3, 0.4) is 0 Å². The van der Waals surface area contributed by atoms with Crippen LogP contribution in [-0.4, -0.2) is 67.0 Å². The van der Waals surface area contributed by atoms with Gasteiger partial charge in [-0.05, 0) is 26.2 Å². The molecule has 2 aromatic rings. The van der Waals surface area contributed by atoms with Crippen LogP contribution in [0.25, 0.3) is 10.9 Å². The maximum absolute atomic E-state index is 12.4. The number of aromatic amines is 1. The predicted octanol–water partition coefficient (Wildman–Crippen LogP) is 1.14. The van der Waals surface area contributed by atoms with E-state index >= 15 is 0 Å². The first kappa shape index (κ1) is 14.1. The van der Waals surface area contributed by atoms with Gasteiger partial charge in [-0.1, -0.05) is 12.1 Å². The SMILES string of the molecule is CN1CCN(C)C(CNC(=O)c2cccc3cc[nH]c23)C1. The average molecular weight is 286 g/mol. The molecule has 3 rings (SSSR count). The summed E-state index contributed by atoms with van der Waals surface area (Å²) in [5.41, 5.74) is 1.62. The number of para-hydroxylation sites is 1. The minimum Gasteiger partial charge on any atom is -0.361 e. The third-order valence-electron chi connectivity index (χ3n) is 4.31. The Morgan fingerprint density at radius 1 is 1.33 bits per heavy atom. The number of carbonyl (C=O) groups excluding carboxylic acids is 1. The van der Waals surface area contributed by atoms with Crippen LogP contribution in [-0.2, 0) is 0 Å². The van der Waals surface area contributed by atoms with E-state index in [1.165, 1.54) is 0 Å². The summed E-state index contributed by atoms with van der Waals surface area (Å²) in [5, 5.41) is 4.14. The zero-order chi connectivity index (χ0) is 14.8. The Labute approximate surface area is 124 Å². The highest BCUT2D eigenvalue weighted by Crippen LogP contribution is 2.16. The highest BCUT2D eigenvalue weighted by atomic mass is 16.1. The van der Waals surface area contributed by atoms with Crippen LogP contribution in [0.15, 0.2) is 30.5 Å². The molecule has 1 fully saturated rings. The van der Waals surface area contributed by atoms with Crippen molar-refractivity contribution in [3.05, 3.63) is 36.0 Å². The van der Waals surface area contributed by atoms with E-state index in [0.29, 0.717) is 18.2 Å². The highest BCUT2D eigenvalue weighted by molar-refractivity contribution is 6.05. The quantitative estimate of drug-likeness (QED) is 0.890. The Morgan fingerprint density at radius 3 is 3.05 bits per heavy atom. The van der Waals surface area contributed by atoms with E-state index in [1.807, 2.05) is 30.5 Å². The van der Waals surface area contributed by atoms with E-state index in [1.54, 1.807) is 0 Å². The van der Waals surface area contributed by atoms with Crippen molar-refractivity contribution in [2.75, 3.05) is 40.3 Å². The second kappa shape index (κ2) is 5.87. The van der Waals surface area contributed by atoms with Gasteiger partial charge in [0.1, 0.15) is 0 Å². The number of carbonyl (C=O) groups is 1. The van der Waals surface area contributed by atoms with Gasteiger partial charge in [-0.15, -0.1) is 0 Å². The second-order valence-electron chi connectivity index (χ2n) is 5.85. The van der Waals surface area contributed by atoms with Crippen molar-refractivity contribution in [1.82, 2.24) is 20.1 Å². The van der Waals surface area contributed by atoms with Crippen LogP contribution in [0.2, 0.25) is 0 Å². The van der Waals surface area contributed by atoms with Crippen LogP contribution in [0.4, 0.5) is 0 Å². The number of nitrogens with zero attached hydrogens (tertiary/aromatic N) is 2. The van der Waals surface area contributed by atoms with Crippen molar-refractivity contribution in [1.29, 1.82) is 0 Å². The molecule has 1 atom stereocenters. The molecule has 1 amide bonds. The summed E-state index contributed by atoms with van der Waals surface area (Å²) in [6, 6.07) is 8.15. The third-order valence-corrected chi connectivity index (χ3v) is 4.31. The number of fused-ring (bicyclic) bond motifs is 1. The van der Waals surface area contributed by atoms with Crippen molar-refractivity contribution in [3.8, 4) is 0 Å². The molecular formula is C16H22N4O. The number of aromatic nitrogens is 1. The first-order valence-corrected chi connectivity index (χ1v) is 7.38. The minimum absolute atomic E-state index is 0.00956. The van der Waals surface area contributed by atoms with Crippen LogP contribution in [0.5, 0.6) is 0 Å². The minimum atomic E-state index is -0.00956. The molecule has 1 saturated heterocycles. The molecule has 21 heavy (non-hydrogen) atoms. The maximum atomic E-state index is 12.4. The fraction of sp³-hybridized carbons (Fsp3) is 0.438. The lowest BCUT2D eigenvalue weighted by molar-refractivity contribution is 0.0882. The number of amides is 1. The number of hydrogen-bond donors (Lipinski definition) is 2.